The predicted octanol–water partition coefficient (Wildman–Crippen LogP) is 6.56. The van der Waals surface area contributed by atoms with Crippen molar-refractivity contribution in [3.05, 3.63) is 93.9 Å². The first-order valence-corrected chi connectivity index (χ1v) is 13.0. The number of carbonyl (C=O) groups is 1. The van der Waals surface area contributed by atoms with Crippen LogP contribution in [0.4, 0.5) is 0 Å². The lowest BCUT2D eigenvalue weighted by Crippen LogP contribution is -2.27. The smallest absolute Gasteiger partial charge is 0.266 e. The van der Waals surface area contributed by atoms with E-state index in [1.165, 1.54) is 22.9 Å². The van der Waals surface area contributed by atoms with Gasteiger partial charge in [0, 0.05) is 6.42 Å². The molecule has 186 valence electrons. The number of carbonyl (C=O) groups excluding carboxylic acids is 1. The molecule has 0 saturated carbocycles. The van der Waals surface area contributed by atoms with Gasteiger partial charge in [-0.2, -0.15) is 0 Å². The maximum atomic E-state index is 13.0. The largest absolute Gasteiger partial charge is 0.493 e. The van der Waals surface area contributed by atoms with Gasteiger partial charge in [0.15, 0.2) is 11.5 Å². The van der Waals surface area contributed by atoms with Crippen molar-refractivity contribution in [2.24, 2.45) is 0 Å². The molecule has 0 atom stereocenters. The number of ether oxygens (including phenoxy) is 3. The summed E-state index contributed by atoms with van der Waals surface area (Å²) in [4.78, 5) is 15.2. The van der Waals surface area contributed by atoms with E-state index in [-0.39, 0.29) is 5.91 Å². The van der Waals surface area contributed by atoms with E-state index in [9.17, 15) is 4.79 Å². The Bertz CT molecular complexity index is 1250. The molecule has 1 fully saturated rings. The molecular formula is C29H29NO4S2. The number of hydrogen-bond donors (Lipinski definition) is 0. The zero-order valence-corrected chi connectivity index (χ0v) is 22.3. The quantitative estimate of drug-likeness (QED) is 0.172. The molecule has 0 N–H and O–H groups in total. The number of aryl methyl sites for hydroxylation is 2. The standard InChI is InChI=1S/C29H29NO4S2/c1-20-14-21(2)16-24(15-20)33-12-7-13-34-25-11-10-23(17-26(25)32-3)18-27-28(31)30(29(35)36-27)19-22-8-5-4-6-9-22/h4-6,8-11,14-18H,7,12-13,19H2,1-3H3/b27-18-. The van der Waals surface area contributed by atoms with Crippen LogP contribution in [0.25, 0.3) is 6.08 Å². The Kier molecular flexibility index (Phi) is 8.67. The highest BCUT2D eigenvalue weighted by Gasteiger charge is 2.32. The first-order chi connectivity index (χ1) is 17.4. The summed E-state index contributed by atoms with van der Waals surface area (Å²) in [5, 5.41) is 0. The van der Waals surface area contributed by atoms with E-state index in [2.05, 4.69) is 19.9 Å². The summed E-state index contributed by atoms with van der Waals surface area (Å²) in [5.74, 6) is 2.05. The van der Waals surface area contributed by atoms with Gasteiger partial charge in [-0.3, -0.25) is 9.69 Å². The van der Waals surface area contributed by atoms with Crippen LogP contribution in [-0.4, -0.2) is 35.5 Å². The lowest BCUT2D eigenvalue weighted by Gasteiger charge is -2.14. The molecule has 1 amide bonds. The molecule has 1 aliphatic heterocycles. The monoisotopic (exact) mass is 519 g/mol. The second kappa shape index (κ2) is 12.1. The van der Waals surface area contributed by atoms with Gasteiger partial charge in [-0.15, -0.1) is 0 Å². The van der Waals surface area contributed by atoms with Gasteiger partial charge in [0.05, 0.1) is 31.8 Å². The summed E-state index contributed by atoms with van der Waals surface area (Å²) in [6.45, 7) is 5.65. The minimum absolute atomic E-state index is 0.0862. The SMILES string of the molecule is COc1cc(/C=C2\SC(=S)N(Cc3ccccc3)C2=O)ccc1OCCCOc1cc(C)cc(C)c1. The third kappa shape index (κ3) is 6.68. The molecular weight excluding hydrogens is 490 g/mol. The summed E-state index contributed by atoms with van der Waals surface area (Å²) in [7, 11) is 1.61. The highest BCUT2D eigenvalue weighted by atomic mass is 32.2. The molecule has 0 aromatic heterocycles. The zero-order valence-electron chi connectivity index (χ0n) is 20.7. The minimum atomic E-state index is -0.0862. The second-order valence-electron chi connectivity index (χ2n) is 8.54. The van der Waals surface area contributed by atoms with Gasteiger partial charge >= 0.3 is 0 Å². The third-order valence-corrected chi connectivity index (χ3v) is 6.93. The van der Waals surface area contributed by atoms with Gasteiger partial charge in [0.2, 0.25) is 0 Å². The number of methoxy groups -OCH3 is 1. The number of amides is 1. The molecule has 0 radical (unpaired) electrons. The maximum Gasteiger partial charge on any atom is 0.266 e. The maximum absolute atomic E-state index is 13.0. The molecule has 1 saturated heterocycles. The van der Waals surface area contributed by atoms with Crippen LogP contribution in [0.1, 0.15) is 28.7 Å². The normalized spacial score (nSPS) is 14.4. The van der Waals surface area contributed by atoms with Gasteiger partial charge < -0.3 is 14.2 Å². The number of benzene rings is 3. The summed E-state index contributed by atoms with van der Waals surface area (Å²) < 4.78 is 17.9. The van der Waals surface area contributed by atoms with Crippen molar-refractivity contribution in [2.45, 2.75) is 26.8 Å². The summed E-state index contributed by atoms with van der Waals surface area (Å²) in [6, 6.07) is 21.7. The molecule has 0 spiro atoms. The number of thiocarbonyl (C=S) groups is 1. The van der Waals surface area contributed by atoms with Crippen molar-refractivity contribution in [1.29, 1.82) is 0 Å². The van der Waals surface area contributed by atoms with Crippen LogP contribution in [0.15, 0.2) is 71.6 Å². The lowest BCUT2D eigenvalue weighted by molar-refractivity contribution is -0.122. The Balaban J connectivity index is 1.34. The Morgan fingerprint density at radius 2 is 1.64 bits per heavy atom. The average Bonchev–Trinajstić information content (AvgIpc) is 3.11. The van der Waals surface area contributed by atoms with Crippen molar-refractivity contribution in [1.82, 2.24) is 4.90 Å². The van der Waals surface area contributed by atoms with Gasteiger partial charge in [0.25, 0.3) is 5.91 Å². The molecule has 1 aliphatic rings. The van der Waals surface area contributed by atoms with Crippen molar-refractivity contribution in [3.63, 3.8) is 0 Å². The zero-order chi connectivity index (χ0) is 25.5. The van der Waals surface area contributed by atoms with Gasteiger partial charge in [-0.25, -0.2) is 0 Å². The van der Waals surface area contributed by atoms with E-state index in [1.54, 1.807) is 12.0 Å². The van der Waals surface area contributed by atoms with E-state index in [4.69, 9.17) is 26.4 Å². The van der Waals surface area contributed by atoms with Gasteiger partial charge in [0.1, 0.15) is 10.1 Å². The molecule has 5 nitrogen and oxygen atoms in total. The Labute approximate surface area is 222 Å². The molecule has 0 unspecified atom stereocenters. The first-order valence-electron chi connectivity index (χ1n) is 11.7. The molecule has 3 aromatic carbocycles. The van der Waals surface area contributed by atoms with E-state index in [0.29, 0.717) is 40.5 Å². The number of thioether (sulfide) groups is 1. The van der Waals surface area contributed by atoms with Gasteiger partial charge in [-0.1, -0.05) is 66.4 Å². The van der Waals surface area contributed by atoms with Crippen molar-refractivity contribution >= 4 is 40.3 Å². The van der Waals surface area contributed by atoms with Crippen LogP contribution < -0.4 is 14.2 Å². The fraction of sp³-hybridized carbons (Fsp3) is 0.241. The fourth-order valence-electron chi connectivity index (χ4n) is 3.89. The second-order valence-corrected chi connectivity index (χ2v) is 10.2. The Morgan fingerprint density at radius 3 is 2.36 bits per heavy atom. The van der Waals surface area contributed by atoms with Crippen LogP contribution in [0.5, 0.6) is 17.2 Å². The average molecular weight is 520 g/mol. The topological polar surface area (TPSA) is 48.0 Å². The molecule has 7 heteroatoms. The van der Waals surface area contributed by atoms with E-state index in [0.717, 1.165) is 23.3 Å². The predicted molar refractivity (Wildman–Crippen MR) is 150 cm³/mol. The van der Waals surface area contributed by atoms with Crippen molar-refractivity contribution in [3.8, 4) is 17.2 Å². The molecule has 0 aliphatic carbocycles. The summed E-state index contributed by atoms with van der Waals surface area (Å²) in [6.07, 6.45) is 2.58. The number of rotatable bonds is 10. The van der Waals surface area contributed by atoms with E-state index >= 15 is 0 Å². The highest BCUT2D eigenvalue weighted by molar-refractivity contribution is 8.26. The van der Waals surface area contributed by atoms with Crippen LogP contribution in [0, 0.1) is 13.8 Å². The Morgan fingerprint density at radius 1 is 0.917 bits per heavy atom. The summed E-state index contributed by atoms with van der Waals surface area (Å²) >= 11 is 6.78. The van der Waals surface area contributed by atoms with Crippen LogP contribution >= 0.6 is 24.0 Å². The third-order valence-electron chi connectivity index (χ3n) is 5.55. The Hall–Kier alpha value is -3.29. The molecule has 36 heavy (non-hydrogen) atoms. The van der Waals surface area contributed by atoms with Crippen molar-refractivity contribution < 1.29 is 19.0 Å². The van der Waals surface area contributed by atoms with Crippen LogP contribution in [0.3, 0.4) is 0 Å². The highest BCUT2D eigenvalue weighted by Crippen LogP contribution is 2.35. The minimum Gasteiger partial charge on any atom is -0.493 e. The fourth-order valence-corrected chi connectivity index (χ4v) is 5.15. The lowest BCUT2D eigenvalue weighted by atomic mass is 10.1. The van der Waals surface area contributed by atoms with Crippen molar-refractivity contribution in [2.75, 3.05) is 20.3 Å². The molecule has 4 rings (SSSR count). The number of nitrogens with zero attached hydrogens (tertiary/aromatic N) is 1. The molecule has 0 bridgehead atoms. The van der Waals surface area contributed by atoms with E-state index < -0.39 is 0 Å². The molecule has 1 heterocycles. The first kappa shape index (κ1) is 25.8. The van der Waals surface area contributed by atoms with Crippen LogP contribution in [0.2, 0.25) is 0 Å². The van der Waals surface area contributed by atoms with E-state index in [1.807, 2.05) is 66.7 Å². The molecule has 3 aromatic rings. The summed E-state index contributed by atoms with van der Waals surface area (Å²) in [5.41, 5.74) is 4.25. The number of hydrogen-bond acceptors (Lipinski definition) is 6. The van der Waals surface area contributed by atoms with Gasteiger partial charge in [-0.05, 0) is 66.4 Å². The van der Waals surface area contributed by atoms with Crippen LogP contribution in [-0.2, 0) is 11.3 Å².